The molecule has 74 valence electrons. The first-order valence-corrected chi connectivity index (χ1v) is 3.56. The molecule has 0 atom stereocenters. The van der Waals surface area contributed by atoms with Crippen LogP contribution < -0.4 is 0 Å². The lowest BCUT2D eigenvalue weighted by Crippen LogP contribution is -2.07. The Morgan fingerprint density at radius 2 is 1.31 bits per heavy atom. The molecular weight excluding hydrogens is 223 g/mol. The van der Waals surface area contributed by atoms with Gasteiger partial charge in [0, 0.05) is 6.92 Å². The molecule has 0 amide bonds. The van der Waals surface area contributed by atoms with Crippen molar-refractivity contribution in [3.8, 4) is 0 Å². The van der Waals surface area contributed by atoms with Crippen LogP contribution in [0.2, 0.25) is 0 Å². The van der Waals surface area contributed by atoms with Crippen LogP contribution in [-0.2, 0) is 23.9 Å². The van der Waals surface area contributed by atoms with Crippen LogP contribution in [0, 0.1) is 0 Å². The normalized spacial score (nSPS) is 7.69. The maximum Gasteiger partial charge on any atom is 0.391 e. The highest BCUT2D eigenvalue weighted by Gasteiger charge is 2.07. The lowest BCUT2D eigenvalue weighted by molar-refractivity contribution is -0.148. The third-order valence-electron chi connectivity index (χ3n) is 0.623. The van der Waals surface area contributed by atoms with Gasteiger partial charge in [-0.25, -0.2) is 4.79 Å². The SMILES string of the molecule is CC(=O)C(=O)Cl.COC(=O)C(=O)Cl. The number of methoxy groups -OCH3 is 1. The van der Waals surface area contributed by atoms with Gasteiger partial charge in [-0.15, -0.1) is 0 Å². The highest BCUT2D eigenvalue weighted by atomic mass is 35.5. The molecule has 0 aliphatic heterocycles. The molecule has 0 unspecified atom stereocenters. The van der Waals surface area contributed by atoms with Crippen LogP contribution in [0.15, 0.2) is 0 Å². The van der Waals surface area contributed by atoms with Crippen LogP contribution in [0.4, 0.5) is 0 Å². The number of hydrogen-bond donors (Lipinski definition) is 0. The van der Waals surface area contributed by atoms with Crippen molar-refractivity contribution in [1.82, 2.24) is 0 Å². The first-order chi connectivity index (χ1) is 5.82. The van der Waals surface area contributed by atoms with E-state index in [1.165, 1.54) is 0 Å². The zero-order valence-corrected chi connectivity index (χ0v) is 8.31. The second-order valence-electron chi connectivity index (χ2n) is 1.60. The number of ketones is 1. The zero-order chi connectivity index (χ0) is 11.0. The summed E-state index contributed by atoms with van der Waals surface area (Å²) in [5, 5.41) is -2.00. The Balaban J connectivity index is 0. The van der Waals surface area contributed by atoms with E-state index in [1.54, 1.807) is 0 Å². The zero-order valence-electron chi connectivity index (χ0n) is 6.80. The molecule has 0 aromatic rings. The van der Waals surface area contributed by atoms with E-state index in [2.05, 4.69) is 27.9 Å². The van der Waals surface area contributed by atoms with E-state index in [4.69, 9.17) is 0 Å². The number of halogens is 2. The Kier molecular flexibility index (Phi) is 8.63. The number of ether oxygens (including phenoxy) is 1. The van der Waals surface area contributed by atoms with Gasteiger partial charge in [0.15, 0.2) is 0 Å². The average Bonchev–Trinajstić information content (AvgIpc) is 2.03. The predicted octanol–water partition coefficient (Wildman–Crippen LogP) is 0.266. The molecule has 7 heteroatoms. The summed E-state index contributed by atoms with van der Waals surface area (Å²) < 4.78 is 3.89. The summed E-state index contributed by atoms with van der Waals surface area (Å²) in [5.41, 5.74) is 0. The summed E-state index contributed by atoms with van der Waals surface area (Å²) in [7, 11) is 1.09. The molecule has 0 N–H and O–H groups in total. The molecule has 13 heavy (non-hydrogen) atoms. The fourth-order valence-electron chi connectivity index (χ4n) is 0.0802. The largest absolute Gasteiger partial charge is 0.462 e. The second-order valence-corrected chi connectivity index (χ2v) is 2.28. The van der Waals surface area contributed by atoms with Crippen LogP contribution in [-0.4, -0.2) is 29.3 Å². The van der Waals surface area contributed by atoms with E-state index in [0.29, 0.717) is 0 Å². The Bertz CT molecular complexity index is 223. The highest BCUT2D eigenvalue weighted by molar-refractivity contribution is 6.81. The van der Waals surface area contributed by atoms with Gasteiger partial charge >= 0.3 is 11.2 Å². The number of carbonyl (C=O) groups excluding carboxylic acids is 4. The van der Waals surface area contributed by atoms with E-state index >= 15 is 0 Å². The number of Topliss-reactive ketones (excluding diaryl/α,β-unsaturated/α-hetero) is 1. The van der Waals surface area contributed by atoms with E-state index in [-0.39, 0.29) is 0 Å². The molecule has 5 nitrogen and oxygen atoms in total. The summed E-state index contributed by atoms with van der Waals surface area (Å²) in [6, 6.07) is 0. The third kappa shape index (κ3) is 11.1. The van der Waals surface area contributed by atoms with Crippen molar-refractivity contribution in [3.63, 3.8) is 0 Å². The molecule has 0 aliphatic carbocycles. The molecular formula is C6H6Cl2O5. The van der Waals surface area contributed by atoms with Crippen LogP contribution in [0.1, 0.15) is 6.92 Å². The number of carbonyl (C=O) groups is 4. The monoisotopic (exact) mass is 228 g/mol. The minimum atomic E-state index is -1.09. The molecule has 0 heterocycles. The summed E-state index contributed by atoms with van der Waals surface area (Å²) in [6.07, 6.45) is 0. The van der Waals surface area contributed by atoms with Crippen LogP contribution in [0.5, 0.6) is 0 Å². The summed E-state index contributed by atoms with van der Waals surface area (Å²) >= 11 is 9.24. The molecule has 0 spiro atoms. The Hall–Kier alpha value is -0.940. The van der Waals surface area contributed by atoms with Gasteiger partial charge in [0.2, 0.25) is 5.78 Å². The summed E-state index contributed by atoms with van der Waals surface area (Å²) in [4.78, 5) is 38.7. The fraction of sp³-hybridized carbons (Fsp3) is 0.333. The predicted molar refractivity (Wildman–Crippen MR) is 44.4 cm³/mol. The molecule has 0 aromatic carbocycles. The van der Waals surface area contributed by atoms with E-state index in [9.17, 15) is 19.2 Å². The minimum absolute atomic E-state index is 0.614. The smallest absolute Gasteiger partial charge is 0.391 e. The second kappa shape index (κ2) is 7.70. The van der Waals surface area contributed by atoms with Gasteiger partial charge in [0.25, 0.3) is 5.24 Å². The van der Waals surface area contributed by atoms with Crippen LogP contribution in [0.3, 0.4) is 0 Å². The number of esters is 1. The van der Waals surface area contributed by atoms with Crippen molar-refractivity contribution in [2.45, 2.75) is 6.92 Å². The van der Waals surface area contributed by atoms with E-state index in [0.717, 1.165) is 14.0 Å². The molecule has 0 saturated heterocycles. The molecule has 0 bridgehead atoms. The first kappa shape index (κ1) is 14.6. The molecule has 0 aromatic heterocycles. The standard InChI is InChI=1S/C3H3ClO3.C3H3ClO2/c1-7-3(6)2(4)5;1-2(5)3(4)6/h1H3;1H3. The Morgan fingerprint density at radius 1 is 1.00 bits per heavy atom. The Labute approximate surface area is 83.9 Å². The molecule has 0 aliphatic rings. The summed E-state index contributed by atoms with van der Waals surface area (Å²) in [5.74, 6) is -1.64. The first-order valence-electron chi connectivity index (χ1n) is 2.81. The van der Waals surface area contributed by atoms with Crippen molar-refractivity contribution >= 4 is 45.4 Å². The van der Waals surface area contributed by atoms with Crippen LogP contribution in [0.25, 0.3) is 0 Å². The highest BCUT2D eigenvalue weighted by Crippen LogP contribution is 1.80. The fourth-order valence-corrected chi connectivity index (χ4v) is 0.157. The Morgan fingerprint density at radius 3 is 1.31 bits per heavy atom. The van der Waals surface area contributed by atoms with Gasteiger partial charge in [-0.3, -0.25) is 14.4 Å². The molecule has 0 radical (unpaired) electrons. The molecule has 0 saturated carbocycles. The lowest BCUT2D eigenvalue weighted by atomic mass is 10.5. The van der Waals surface area contributed by atoms with E-state index < -0.39 is 22.2 Å². The van der Waals surface area contributed by atoms with E-state index in [1.807, 2.05) is 0 Å². The van der Waals surface area contributed by atoms with Crippen LogP contribution >= 0.6 is 23.2 Å². The van der Waals surface area contributed by atoms with Gasteiger partial charge < -0.3 is 4.74 Å². The topological polar surface area (TPSA) is 77.5 Å². The van der Waals surface area contributed by atoms with Crippen molar-refractivity contribution in [2.24, 2.45) is 0 Å². The van der Waals surface area contributed by atoms with Gasteiger partial charge in [0.1, 0.15) is 0 Å². The maximum atomic E-state index is 9.81. The van der Waals surface area contributed by atoms with Gasteiger partial charge in [-0.1, -0.05) is 0 Å². The van der Waals surface area contributed by atoms with Gasteiger partial charge in [0.05, 0.1) is 7.11 Å². The summed E-state index contributed by atoms with van der Waals surface area (Å²) in [6.45, 7) is 1.12. The molecule has 0 fully saturated rings. The van der Waals surface area contributed by atoms with Crippen molar-refractivity contribution in [3.05, 3.63) is 0 Å². The average molecular weight is 229 g/mol. The lowest BCUT2D eigenvalue weighted by Gasteiger charge is -1.84. The van der Waals surface area contributed by atoms with Crippen molar-refractivity contribution in [1.29, 1.82) is 0 Å². The molecule has 0 rings (SSSR count). The number of hydrogen-bond acceptors (Lipinski definition) is 5. The third-order valence-corrected chi connectivity index (χ3v) is 1.04. The number of rotatable bonds is 2. The maximum absolute atomic E-state index is 9.81. The minimum Gasteiger partial charge on any atom is -0.462 e. The van der Waals surface area contributed by atoms with Gasteiger partial charge in [-0.2, -0.15) is 0 Å². The van der Waals surface area contributed by atoms with Crippen molar-refractivity contribution < 1.29 is 23.9 Å². The quantitative estimate of drug-likeness (QED) is 0.385. The van der Waals surface area contributed by atoms with Gasteiger partial charge in [-0.05, 0) is 23.2 Å². The van der Waals surface area contributed by atoms with Crippen molar-refractivity contribution in [2.75, 3.05) is 7.11 Å².